The molecule has 0 heterocycles. The van der Waals surface area contributed by atoms with Crippen LogP contribution in [0.3, 0.4) is 0 Å². The quantitative estimate of drug-likeness (QED) is 0.567. The minimum atomic E-state index is -4.15. The molecule has 0 radical (unpaired) electrons. The van der Waals surface area contributed by atoms with Crippen LogP contribution in [0.25, 0.3) is 17.2 Å². The summed E-state index contributed by atoms with van der Waals surface area (Å²) in [5, 5.41) is 10.7. The van der Waals surface area contributed by atoms with E-state index in [-0.39, 0.29) is 5.41 Å². The lowest BCUT2D eigenvalue weighted by Crippen LogP contribution is -2.48. The normalized spacial score (nSPS) is 30.9. The first-order valence-electron chi connectivity index (χ1n) is 10.5. The summed E-state index contributed by atoms with van der Waals surface area (Å²) in [6, 6.07) is 13.6. The molecule has 4 saturated carbocycles. The van der Waals surface area contributed by atoms with E-state index >= 15 is 0 Å². The van der Waals surface area contributed by atoms with Gasteiger partial charge in [0, 0.05) is 11.4 Å². The van der Waals surface area contributed by atoms with Crippen molar-refractivity contribution in [3.8, 4) is 16.9 Å². The maximum absolute atomic E-state index is 11.0. The number of benzene rings is 2. The molecule has 0 spiro atoms. The molecule has 2 aromatic carbocycles. The van der Waals surface area contributed by atoms with E-state index in [0.717, 1.165) is 45.8 Å². The smallest absolute Gasteiger partial charge is 0.349 e. The largest absolute Gasteiger partial charge is 0.508 e. The number of hydrogen-bond acceptors (Lipinski definition) is 2. The van der Waals surface area contributed by atoms with E-state index in [2.05, 4.69) is 6.07 Å². The second kappa shape index (κ2) is 6.84. The van der Waals surface area contributed by atoms with E-state index in [0.29, 0.717) is 5.75 Å². The first-order valence-corrected chi connectivity index (χ1v) is 12.2. The lowest BCUT2D eigenvalue weighted by atomic mass is 9.48. The molecule has 5 heteroatoms. The van der Waals surface area contributed by atoms with Crippen LogP contribution in [-0.2, 0) is 9.98 Å². The molecule has 0 aromatic heterocycles. The van der Waals surface area contributed by atoms with Crippen molar-refractivity contribution in [2.45, 2.75) is 43.9 Å². The van der Waals surface area contributed by atoms with Gasteiger partial charge in [-0.1, -0.05) is 30.3 Å². The summed E-state index contributed by atoms with van der Waals surface area (Å²) in [6.07, 6.45) is 9.21. The average Bonchev–Trinajstić information content (AvgIpc) is 2.65. The van der Waals surface area contributed by atoms with Gasteiger partial charge in [-0.2, -0.15) is 0 Å². The molecule has 0 saturated heterocycles. The first kappa shape index (κ1) is 19.1. The van der Waals surface area contributed by atoms with Gasteiger partial charge in [0.1, 0.15) is 5.75 Å². The summed E-state index contributed by atoms with van der Waals surface area (Å²) >= 11 is 0. The first-order chi connectivity index (χ1) is 13.8. The predicted molar refractivity (Wildman–Crippen MR) is 114 cm³/mol. The van der Waals surface area contributed by atoms with Gasteiger partial charge in [-0.05, 0) is 96.6 Å². The van der Waals surface area contributed by atoms with Crippen LogP contribution in [0.2, 0.25) is 0 Å². The fourth-order valence-corrected chi connectivity index (χ4v) is 6.92. The van der Waals surface area contributed by atoms with Crippen molar-refractivity contribution in [1.82, 2.24) is 0 Å². The Labute approximate surface area is 171 Å². The molecule has 0 amide bonds. The third kappa shape index (κ3) is 3.70. The molecule has 3 N–H and O–H groups in total. The molecule has 6 rings (SSSR count). The van der Waals surface area contributed by atoms with Crippen LogP contribution in [-0.4, -0.2) is 14.9 Å². The molecule has 4 aliphatic rings. The molecule has 152 valence electrons. The standard InChI is InChI=1S/C24H27O4P/c25-23-6-5-21(20-3-1-16(2-4-20)7-8-29(26,27)28)12-22(23)24-13-17-9-18(14-24)11-19(10-17)15-24/h1-8,12,17-19,25H,9-11,13-15H2,(H2,26,27,28)/b8-7+. The molecule has 4 bridgehead atoms. The topological polar surface area (TPSA) is 77.8 Å². The number of aromatic hydroxyl groups is 1. The van der Waals surface area contributed by atoms with Crippen LogP contribution in [0.1, 0.15) is 49.7 Å². The van der Waals surface area contributed by atoms with E-state index in [9.17, 15) is 9.67 Å². The highest BCUT2D eigenvalue weighted by atomic mass is 31.2. The number of hydrogen-bond donors (Lipinski definition) is 3. The molecule has 4 fully saturated rings. The predicted octanol–water partition coefficient (Wildman–Crippen LogP) is 5.68. The van der Waals surface area contributed by atoms with Crippen molar-refractivity contribution in [3.05, 3.63) is 59.4 Å². The number of phenolic OH excluding ortho intramolecular Hbond substituents is 1. The Hall–Kier alpha value is -1.87. The van der Waals surface area contributed by atoms with Gasteiger partial charge in [-0.3, -0.25) is 4.57 Å². The third-order valence-electron chi connectivity index (χ3n) is 7.31. The van der Waals surface area contributed by atoms with Crippen molar-refractivity contribution >= 4 is 13.7 Å². The van der Waals surface area contributed by atoms with E-state index in [1.165, 1.54) is 44.6 Å². The lowest BCUT2D eigenvalue weighted by Gasteiger charge is -2.57. The Kier molecular flexibility index (Phi) is 4.51. The second-order valence-electron chi connectivity index (χ2n) is 9.46. The lowest BCUT2D eigenvalue weighted by molar-refractivity contribution is -0.00611. The molecule has 4 aliphatic carbocycles. The molecule has 0 unspecified atom stereocenters. The van der Waals surface area contributed by atoms with Gasteiger partial charge in [0.2, 0.25) is 0 Å². The fraction of sp³-hybridized carbons (Fsp3) is 0.417. The maximum Gasteiger partial charge on any atom is 0.349 e. The minimum Gasteiger partial charge on any atom is -0.508 e. The van der Waals surface area contributed by atoms with Crippen molar-refractivity contribution in [2.24, 2.45) is 17.8 Å². The van der Waals surface area contributed by atoms with Crippen LogP contribution in [0.15, 0.2) is 48.3 Å². The molecule has 2 aromatic rings. The summed E-state index contributed by atoms with van der Waals surface area (Å²) in [4.78, 5) is 18.0. The Balaban J connectivity index is 1.46. The maximum atomic E-state index is 11.0. The van der Waals surface area contributed by atoms with Crippen LogP contribution < -0.4 is 0 Å². The van der Waals surface area contributed by atoms with Gasteiger partial charge < -0.3 is 14.9 Å². The highest BCUT2D eigenvalue weighted by Gasteiger charge is 2.52. The van der Waals surface area contributed by atoms with Crippen LogP contribution in [0, 0.1) is 17.8 Å². The SMILES string of the molecule is O=P(O)(O)/C=C/c1ccc(-c2ccc(O)c(C34CC5CC(CC(C5)C3)C4)c2)cc1. The van der Waals surface area contributed by atoms with Gasteiger partial charge in [0.15, 0.2) is 0 Å². The summed E-state index contributed by atoms with van der Waals surface area (Å²) in [5.74, 6) is 3.82. The van der Waals surface area contributed by atoms with Gasteiger partial charge in [0.25, 0.3) is 0 Å². The summed E-state index contributed by atoms with van der Waals surface area (Å²) in [6.45, 7) is 0. The Morgan fingerprint density at radius 1 is 0.862 bits per heavy atom. The molecule has 29 heavy (non-hydrogen) atoms. The zero-order valence-corrected chi connectivity index (χ0v) is 17.3. The third-order valence-corrected chi connectivity index (χ3v) is 7.85. The van der Waals surface area contributed by atoms with Gasteiger partial charge in [0.05, 0.1) is 0 Å². The summed E-state index contributed by atoms with van der Waals surface area (Å²) in [5.41, 5.74) is 4.14. The van der Waals surface area contributed by atoms with Crippen molar-refractivity contribution in [3.63, 3.8) is 0 Å². The Morgan fingerprint density at radius 3 is 1.97 bits per heavy atom. The van der Waals surface area contributed by atoms with E-state index < -0.39 is 7.60 Å². The van der Waals surface area contributed by atoms with Gasteiger partial charge in [-0.15, -0.1) is 0 Å². The van der Waals surface area contributed by atoms with E-state index in [1.54, 1.807) is 0 Å². The van der Waals surface area contributed by atoms with Crippen molar-refractivity contribution < 1.29 is 19.5 Å². The minimum absolute atomic E-state index is 0.140. The van der Waals surface area contributed by atoms with Crippen LogP contribution in [0.5, 0.6) is 5.75 Å². The zero-order valence-electron chi connectivity index (χ0n) is 16.4. The van der Waals surface area contributed by atoms with Crippen LogP contribution >= 0.6 is 7.60 Å². The number of rotatable bonds is 4. The van der Waals surface area contributed by atoms with E-state index in [1.807, 2.05) is 36.4 Å². The van der Waals surface area contributed by atoms with Crippen LogP contribution in [0.4, 0.5) is 0 Å². The molecule has 4 nitrogen and oxygen atoms in total. The highest BCUT2D eigenvalue weighted by Crippen LogP contribution is 2.62. The van der Waals surface area contributed by atoms with Crippen molar-refractivity contribution in [2.75, 3.05) is 0 Å². The molecular formula is C24H27O4P. The van der Waals surface area contributed by atoms with Gasteiger partial charge >= 0.3 is 7.60 Å². The molecular weight excluding hydrogens is 383 g/mol. The highest BCUT2D eigenvalue weighted by molar-refractivity contribution is 7.55. The summed E-state index contributed by atoms with van der Waals surface area (Å²) < 4.78 is 11.0. The number of phenols is 1. The summed E-state index contributed by atoms with van der Waals surface area (Å²) in [7, 11) is -4.15. The monoisotopic (exact) mass is 410 g/mol. The second-order valence-corrected chi connectivity index (χ2v) is 10.9. The van der Waals surface area contributed by atoms with E-state index in [4.69, 9.17) is 9.79 Å². The Morgan fingerprint density at radius 2 is 1.41 bits per heavy atom. The molecule has 0 aliphatic heterocycles. The average molecular weight is 410 g/mol. The fourth-order valence-electron chi connectivity index (χ4n) is 6.55. The van der Waals surface area contributed by atoms with Crippen molar-refractivity contribution in [1.29, 1.82) is 0 Å². The Bertz CT molecular complexity index is 967. The molecule has 0 atom stereocenters. The van der Waals surface area contributed by atoms with Gasteiger partial charge in [-0.25, -0.2) is 0 Å². The zero-order chi connectivity index (χ0) is 20.2.